The van der Waals surface area contributed by atoms with Crippen molar-refractivity contribution in [1.82, 2.24) is 4.98 Å². The van der Waals surface area contributed by atoms with Gasteiger partial charge in [-0.1, -0.05) is 6.92 Å². The van der Waals surface area contributed by atoms with E-state index in [1.165, 1.54) is 18.4 Å². The van der Waals surface area contributed by atoms with Gasteiger partial charge >= 0.3 is 5.97 Å². The number of nitrogens with zero attached hydrogens (tertiary/aromatic N) is 1. The van der Waals surface area contributed by atoms with Crippen molar-refractivity contribution in [3.05, 3.63) is 40.5 Å². The Hall–Kier alpha value is -1.99. The molecule has 0 atom stereocenters. The zero-order valence-electron chi connectivity index (χ0n) is 12.6. The summed E-state index contributed by atoms with van der Waals surface area (Å²) in [5.41, 5.74) is 2.33. The van der Waals surface area contributed by atoms with E-state index in [1.807, 2.05) is 26.0 Å². The summed E-state index contributed by atoms with van der Waals surface area (Å²) in [6, 6.07) is 3.68. The number of hydrogen-bond acceptors (Lipinski definition) is 5. The van der Waals surface area contributed by atoms with Crippen molar-refractivity contribution in [3.63, 3.8) is 0 Å². The van der Waals surface area contributed by atoms with E-state index in [0.717, 1.165) is 22.5 Å². The normalized spacial score (nSPS) is 10.1. The van der Waals surface area contributed by atoms with Crippen LogP contribution in [0.2, 0.25) is 0 Å². The predicted molar refractivity (Wildman–Crippen MR) is 93.9 cm³/mol. The Balaban J connectivity index is 2.22. The lowest BCUT2D eigenvalue weighted by Gasteiger charge is -2.10. The van der Waals surface area contributed by atoms with E-state index in [9.17, 15) is 4.79 Å². The van der Waals surface area contributed by atoms with E-state index in [0.29, 0.717) is 15.7 Å². The molecule has 116 valence electrons. The van der Waals surface area contributed by atoms with Gasteiger partial charge in [-0.2, -0.15) is 0 Å². The fraction of sp³-hybridized carbons (Fsp3) is 0.267. The van der Waals surface area contributed by atoms with Gasteiger partial charge in [0.15, 0.2) is 5.11 Å². The van der Waals surface area contributed by atoms with Gasteiger partial charge in [-0.05, 0) is 43.3 Å². The zero-order chi connectivity index (χ0) is 16.1. The maximum Gasteiger partial charge on any atom is 0.341 e. The molecule has 0 aliphatic rings. The number of pyridine rings is 1. The van der Waals surface area contributed by atoms with Crippen LogP contribution in [-0.4, -0.2) is 23.2 Å². The van der Waals surface area contributed by atoms with Gasteiger partial charge in [0.25, 0.3) is 0 Å². The molecule has 2 rings (SSSR count). The number of rotatable bonds is 4. The van der Waals surface area contributed by atoms with Crippen molar-refractivity contribution >= 4 is 45.3 Å². The number of aryl methyl sites for hydroxylation is 1. The summed E-state index contributed by atoms with van der Waals surface area (Å²) < 4.78 is 4.89. The first-order chi connectivity index (χ1) is 10.6. The number of nitrogens with one attached hydrogen (secondary N) is 2. The third kappa shape index (κ3) is 3.61. The molecule has 0 bridgehead atoms. The van der Waals surface area contributed by atoms with Crippen molar-refractivity contribution in [1.29, 1.82) is 0 Å². The van der Waals surface area contributed by atoms with E-state index < -0.39 is 0 Å². The molecule has 0 saturated carbocycles. The number of ether oxygens (including phenoxy) is 1. The summed E-state index contributed by atoms with van der Waals surface area (Å²) in [6.07, 6.45) is 4.12. The smallest absolute Gasteiger partial charge is 0.341 e. The molecule has 0 aromatic carbocycles. The van der Waals surface area contributed by atoms with E-state index in [4.69, 9.17) is 17.0 Å². The minimum atomic E-state index is -0.354. The van der Waals surface area contributed by atoms with Gasteiger partial charge < -0.3 is 15.4 Å². The lowest BCUT2D eigenvalue weighted by atomic mass is 10.1. The molecule has 0 amide bonds. The van der Waals surface area contributed by atoms with Gasteiger partial charge in [-0.3, -0.25) is 4.98 Å². The highest BCUT2D eigenvalue weighted by atomic mass is 32.1. The van der Waals surface area contributed by atoms with Crippen molar-refractivity contribution < 1.29 is 9.53 Å². The van der Waals surface area contributed by atoms with Gasteiger partial charge in [-0.25, -0.2) is 4.79 Å². The largest absolute Gasteiger partial charge is 0.465 e. The molecule has 2 heterocycles. The van der Waals surface area contributed by atoms with Gasteiger partial charge in [0.2, 0.25) is 0 Å². The number of hydrogen-bond donors (Lipinski definition) is 2. The molecular formula is C15H17N3O2S2. The van der Waals surface area contributed by atoms with Gasteiger partial charge in [-0.15, -0.1) is 11.3 Å². The maximum absolute atomic E-state index is 12.0. The molecule has 2 aromatic rings. The Bertz CT molecular complexity index is 684. The third-order valence-corrected chi connectivity index (χ3v) is 4.37. The van der Waals surface area contributed by atoms with E-state index in [2.05, 4.69) is 15.6 Å². The van der Waals surface area contributed by atoms with Crippen LogP contribution in [0, 0.1) is 6.92 Å². The highest BCUT2D eigenvalue weighted by Gasteiger charge is 2.22. The summed E-state index contributed by atoms with van der Waals surface area (Å²) >= 11 is 6.79. The molecule has 0 unspecified atom stereocenters. The van der Waals surface area contributed by atoms with Gasteiger partial charge in [0.1, 0.15) is 5.00 Å². The molecule has 0 saturated heterocycles. The Morgan fingerprint density at radius 2 is 2.23 bits per heavy atom. The Labute approximate surface area is 138 Å². The first-order valence-electron chi connectivity index (χ1n) is 6.75. The summed E-state index contributed by atoms with van der Waals surface area (Å²) in [4.78, 5) is 17.1. The molecule has 0 spiro atoms. The van der Waals surface area contributed by atoms with Crippen molar-refractivity contribution in [2.45, 2.75) is 20.3 Å². The maximum atomic E-state index is 12.0. The van der Waals surface area contributed by atoms with Crippen LogP contribution in [0.1, 0.15) is 27.7 Å². The van der Waals surface area contributed by atoms with Crippen LogP contribution in [0.15, 0.2) is 24.5 Å². The third-order valence-electron chi connectivity index (χ3n) is 3.10. The van der Waals surface area contributed by atoms with Crippen molar-refractivity contribution in [3.8, 4) is 0 Å². The summed E-state index contributed by atoms with van der Waals surface area (Å²) in [7, 11) is 1.38. The second-order valence-corrected chi connectivity index (χ2v) is 6.14. The average molecular weight is 335 g/mol. The molecular weight excluding hydrogens is 318 g/mol. The molecule has 22 heavy (non-hydrogen) atoms. The Morgan fingerprint density at radius 3 is 2.82 bits per heavy atom. The summed E-state index contributed by atoms with van der Waals surface area (Å²) in [6.45, 7) is 4.00. The molecule has 0 aliphatic carbocycles. The Kier molecular flexibility index (Phi) is 5.46. The molecule has 2 aromatic heterocycles. The monoisotopic (exact) mass is 335 g/mol. The van der Waals surface area contributed by atoms with Crippen LogP contribution >= 0.6 is 23.6 Å². The highest BCUT2D eigenvalue weighted by Crippen LogP contribution is 2.34. The topological polar surface area (TPSA) is 63.2 Å². The minimum absolute atomic E-state index is 0.354. The first kappa shape index (κ1) is 16.4. The SMILES string of the molecule is CCc1c(C)sc(NC(=S)Nc2cccnc2)c1C(=O)OC. The lowest BCUT2D eigenvalue weighted by molar-refractivity contribution is 0.0601. The molecule has 0 aliphatic heterocycles. The number of thiophene rings is 1. The van der Waals surface area contributed by atoms with Crippen LogP contribution in [0.5, 0.6) is 0 Å². The minimum Gasteiger partial charge on any atom is -0.465 e. The van der Waals surface area contributed by atoms with E-state index in [-0.39, 0.29) is 5.97 Å². The van der Waals surface area contributed by atoms with Crippen LogP contribution in [0.25, 0.3) is 0 Å². The fourth-order valence-electron chi connectivity index (χ4n) is 2.11. The van der Waals surface area contributed by atoms with Crippen LogP contribution < -0.4 is 10.6 Å². The molecule has 5 nitrogen and oxygen atoms in total. The number of thiocarbonyl (C=S) groups is 1. The fourth-order valence-corrected chi connectivity index (χ4v) is 3.53. The van der Waals surface area contributed by atoms with Crippen molar-refractivity contribution in [2.24, 2.45) is 0 Å². The lowest BCUT2D eigenvalue weighted by Crippen LogP contribution is -2.20. The van der Waals surface area contributed by atoms with Crippen LogP contribution in [0.3, 0.4) is 0 Å². The number of carbonyl (C=O) groups is 1. The number of esters is 1. The van der Waals surface area contributed by atoms with Gasteiger partial charge in [0, 0.05) is 11.1 Å². The molecule has 0 fully saturated rings. The second kappa shape index (κ2) is 7.33. The first-order valence-corrected chi connectivity index (χ1v) is 7.97. The number of carbonyl (C=O) groups excluding carboxylic acids is 1. The standard InChI is InChI=1S/C15H17N3O2S2/c1-4-11-9(2)22-13(12(11)14(19)20-3)18-15(21)17-10-6-5-7-16-8-10/h5-8H,4H2,1-3H3,(H2,17,18,21). The Morgan fingerprint density at radius 1 is 1.45 bits per heavy atom. The highest BCUT2D eigenvalue weighted by molar-refractivity contribution is 7.80. The molecule has 2 N–H and O–H groups in total. The second-order valence-electron chi connectivity index (χ2n) is 4.51. The number of anilines is 2. The van der Waals surface area contributed by atoms with Crippen LogP contribution in [0.4, 0.5) is 10.7 Å². The number of aromatic nitrogens is 1. The molecule has 0 radical (unpaired) electrons. The van der Waals surface area contributed by atoms with Crippen molar-refractivity contribution in [2.75, 3.05) is 17.7 Å². The van der Waals surface area contributed by atoms with Gasteiger partial charge in [0.05, 0.1) is 24.6 Å². The quantitative estimate of drug-likeness (QED) is 0.657. The van der Waals surface area contributed by atoms with Crippen LogP contribution in [-0.2, 0) is 11.2 Å². The number of methoxy groups -OCH3 is 1. The summed E-state index contributed by atoms with van der Waals surface area (Å²) in [5, 5.41) is 7.22. The predicted octanol–water partition coefficient (Wildman–Crippen LogP) is 3.61. The zero-order valence-corrected chi connectivity index (χ0v) is 14.2. The van der Waals surface area contributed by atoms with E-state index in [1.54, 1.807) is 12.4 Å². The van der Waals surface area contributed by atoms with E-state index >= 15 is 0 Å². The average Bonchev–Trinajstić information content (AvgIpc) is 2.82. The molecule has 7 heteroatoms. The summed E-state index contributed by atoms with van der Waals surface area (Å²) in [5.74, 6) is -0.354.